The second-order valence-corrected chi connectivity index (χ2v) is 10.0. The molecule has 1 aliphatic heterocycles. The Kier molecular flexibility index (Phi) is 6.28. The monoisotopic (exact) mass is 484 g/mol. The Morgan fingerprint density at radius 3 is 2.30 bits per heavy atom. The van der Waals surface area contributed by atoms with Crippen molar-refractivity contribution in [1.29, 1.82) is 0 Å². The first-order chi connectivity index (χ1) is 15.5. The average molecular weight is 484 g/mol. The molecule has 1 fully saturated rings. The third-order valence-electron chi connectivity index (χ3n) is 5.96. The van der Waals surface area contributed by atoms with Crippen molar-refractivity contribution in [1.82, 2.24) is 4.31 Å². The van der Waals surface area contributed by atoms with Gasteiger partial charge in [0.05, 0.1) is 10.8 Å². The molecule has 178 valence electrons. The minimum absolute atomic E-state index is 0.106. The van der Waals surface area contributed by atoms with E-state index in [1.807, 2.05) is 4.90 Å². The van der Waals surface area contributed by atoms with Crippen LogP contribution in [-0.4, -0.2) is 62.8 Å². The Hall–Kier alpha value is -2.79. The van der Waals surface area contributed by atoms with Gasteiger partial charge in [-0.25, -0.2) is 8.42 Å². The highest BCUT2D eigenvalue weighted by atomic mass is 32.2. The molecule has 0 bridgehead atoms. The summed E-state index contributed by atoms with van der Waals surface area (Å²) >= 11 is 0. The van der Waals surface area contributed by atoms with E-state index < -0.39 is 34.7 Å². The minimum Gasteiger partial charge on any atom is -0.484 e. The minimum atomic E-state index is -4.41. The Balaban J connectivity index is 1.41. The van der Waals surface area contributed by atoms with Gasteiger partial charge in [0.25, 0.3) is 0 Å². The zero-order valence-electron chi connectivity index (χ0n) is 17.6. The van der Waals surface area contributed by atoms with E-state index in [9.17, 15) is 31.5 Å². The number of sulfonamides is 1. The molecule has 2 aliphatic rings. The molecule has 0 spiro atoms. The predicted octanol–water partition coefficient (Wildman–Crippen LogP) is 2.94. The maximum Gasteiger partial charge on any atom is 0.422 e. The maximum absolute atomic E-state index is 13.3. The van der Waals surface area contributed by atoms with Crippen LogP contribution < -0.4 is 9.64 Å². The van der Waals surface area contributed by atoms with Gasteiger partial charge in [-0.2, -0.15) is 17.5 Å². The lowest BCUT2D eigenvalue weighted by molar-refractivity contribution is -0.153. The first-order valence-electron chi connectivity index (χ1n) is 10.4. The van der Waals surface area contributed by atoms with Crippen LogP contribution in [0.2, 0.25) is 0 Å². The lowest BCUT2D eigenvalue weighted by Crippen LogP contribution is -2.48. The fraction of sp³-hybridized carbons (Fsp3) is 0.409. The van der Waals surface area contributed by atoms with Crippen molar-refractivity contribution >= 4 is 21.7 Å². The number of alkyl halides is 3. The molecular formula is C22H23F3N2O5S. The van der Waals surface area contributed by atoms with Gasteiger partial charge >= 0.3 is 12.1 Å². The van der Waals surface area contributed by atoms with Crippen LogP contribution >= 0.6 is 0 Å². The van der Waals surface area contributed by atoms with Crippen LogP contribution in [-0.2, 0) is 27.7 Å². The molecule has 2 aromatic carbocycles. The van der Waals surface area contributed by atoms with Gasteiger partial charge in [0.1, 0.15) is 5.75 Å². The zero-order chi connectivity index (χ0) is 23.8. The summed E-state index contributed by atoms with van der Waals surface area (Å²) in [6, 6.07) is 11.2. The van der Waals surface area contributed by atoms with E-state index in [-0.39, 0.29) is 30.2 Å². The zero-order valence-corrected chi connectivity index (χ0v) is 18.4. The number of piperazine rings is 1. The highest BCUT2D eigenvalue weighted by molar-refractivity contribution is 7.89. The molecule has 1 N–H and O–H groups in total. The molecule has 2 aromatic rings. The molecule has 1 unspecified atom stereocenters. The lowest BCUT2D eigenvalue weighted by atomic mass is 10.1. The van der Waals surface area contributed by atoms with Crippen molar-refractivity contribution in [2.45, 2.75) is 23.9 Å². The first kappa shape index (κ1) is 23.4. The second-order valence-electron chi connectivity index (χ2n) is 8.13. The summed E-state index contributed by atoms with van der Waals surface area (Å²) in [5.74, 6) is -1.44. The normalized spacial score (nSPS) is 19.4. The van der Waals surface area contributed by atoms with Gasteiger partial charge in [0, 0.05) is 31.9 Å². The molecule has 0 saturated carbocycles. The standard InChI is InChI=1S/C22H23F3N2O5S/c23-22(24,25)14-32-18-6-4-17(5-7-18)26-8-10-27(11-9-26)33(30,31)20-3-1-2-15-12-16(21(28)29)13-19(15)20/h1-7,16H,8-14H2,(H,28,29). The van der Waals surface area contributed by atoms with Gasteiger partial charge in [0.15, 0.2) is 6.61 Å². The number of hydrogen-bond acceptors (Lipinski definition) is 5. The number of carboxylic acids is 1. The molecule has 1 aliphatic carbocycles. The Morgan fingerprint density at radius 1 is 1.03 bits per heavy atom. The van der Waals surface area contributed by atoms with Crippen LogP contribution in [0.5, 0.6) is 5.75 Å². The van der Waals surface area contributed by atoms with Gasteiger partial charge < -0.3 is 14.7 Å². The van der Waals surface area contributed by atoms with Gasteiger partial charge in [0.2, 0.25) is 10.0 Å². The maximum atomic E-state index is 13.3. The Bertz CT molecular complexity index is 1130. The van der Waals surface area contributed by atoms with E-state index in [4.69, 9.17) is 4.74 Å². The van der Waals surface area contributed by atoms with Crippen molar-refractivity contribution in [3.63, 3.8) is 0 Å². The highest BCUT2D eigenvalue weighted by Crippen LogP contribution is 2.34. The van der Waals surface area contributed by atoms with Gasteiger partial charge in [-0.3, -0.25) is 4.79 Å². The number of ether oxygens (including phenoxy) is 1. The van der Waals surface area contributed by atoms with Crippen molar-refractivity contribution in [3.05, 3.63) is 53.6 Å². The summed E-state index contributed by atoms with van der Waals surface area (Å²) in [5.41, 5.74) is 2.10. The second kappa shape index (κ2) is 8.86. The lowest BCUT2D eigenvalue weighted by Gasteiger charge is -2.35. The number of fused-ring (bicyclic) bond motifs is 1. The van der Waals surface area contributed by atoms with Crippen LogP contribution in [0.1, 0.15) is 11.1 Å². The third-order valence-corrected chi connectivity index (χ3v) is 7.94. The number of halogens is 3. The van der Waals surface area contributed by atoms with Crippen LogP contribution in [0, 0.1) is 5.92 Å². The SMILES string of the molecule is O=C(O)C1Cc2cccc(S(=O)(=O)N3CCN(c4ccc(OCC(F)(F)F)cc4)CC3)c2C1. The molecule has 0 aromatic heterocycles. The van der Waals surface area contributed by atoms with Gasteiger partial charge in [-0.15, -0.1) is 0 Å². The van der Waals surface area contributed by atoms with E-state index in [1.165, 1.54) is 22.5 Å². The van der Waals surface area contributed by atoms with Crippen molar-refractivity contribution < 1.29 is 36.2 Å². The number of hydrogen-bond donors (Lipinski definition) is 1. The number of rotatable bonds is 6. The fourth-order valence-corrected chi connectivity index (χ4v) is 5.98. The summed E-state index contributed by atoms with van der Waals surface area (Å²) in [6.07, 6.45) is -3.89. The molecule has 4 rings (SSSR count). The van der Waals surface area contributed by atoms with E-state index in [2.05, 4.69) is 0 Å². The molecule has 11 heteroatoms. The summed E-state index contributed by atoms with van der Waals surface area (Å²) in [5, 5.41) is 9.32. The third kappa shape index (κ3) is 5.09. The average Bonchev–Trinajstić information content (AvgIpc) is 3.22. The molecule has 1 atom stereocenters. The predicted molar refractivity (Wildman–Crippen MR) is 114 cm³/mol. The van der Waals surface area contributed by atoms with E-state index >= 15 is 0 Å². The molecule has 0 amide bonds. The molecule has 1 heterocycles. The fourth-order valence-electron chi connectivity index (χ4n) is 4.28. The van der Waals surface area contributed by atoms with Crippen molar-refractivity contribution in [2.75, 3.05) is 37.7 Å². The van der Waals surface area contributed by atoms with Crippen molar-refractivity contribution in [3.8, 4) is 5.75 Å². The quantitative estimate of drug-likeness (QED) is 0.679. The number of aliphatic carboxylic acids is 1. The van der Waals surface area contributed by atoms with Gasteiger partial charge in [-0.05, 0) is 54.3 Å². The topological polar surface area (TPSA) is 87.1 Å². The van der Waals surface area contributed by atoms with Crippen LogP contribution in [0.15, 0.2) is 47.4 Å². The molecule has 33 heavy (non-hydrogen) atoms. The Labute approximate surface area is 189 Å². The summed E-state index contributed by atoms with van der Waals surface area (Å²) in [7, 11) is -3.78. The molecule has 7 nitrogen and oxygen atoms in total. The number of nitrogens with zero attached hydrogens (tertiary/aromatic N) is 2. The number of benzene rings is 2. The number of carboxylic acid groups (broad SMARTS) is 1. The Morgan fingerprint density at radius 2 is 1.70 bits per heavy atom. The smallest absolute Gasteiger partial charge is 0.422 e. The summed E-state index contributed by atoms with van der Waals surface area (Å²) in [4.78, 5) is 13.5. The van der Waals surface area contributed by atoms with Gasteiger partial charge in [-0.1, -0.05) is 12.1 Å². The van der Waals surface area contributed by atoms with Crippen molar-refractivity contribution in [2.24, 2.45) is 5.92 Å². The highest BCUT2D eigenvalue weighted by Gasteiger charge is 2.35. The van der Waals surface area contributed by atoms with E-state index in [1.54, 1.807) is 24.3 Å². The van der Waals surface area contributed by atoms with E-state index in [0.717, 1.165) is 11.3 Å². The van der Waals surface area contributed by atoms with Crippen LogP contribution in [0.25, 0.3) is 0 Å². The molecule has 0 radical (unpaired) electrons. The first-order valence-corrected chi connectivity index (χ1v) is 11.9. The number of anilines is 1. The van der Waals surface area contributed by atoms with E-state index in [0.29, 0.717) is 25.1 Å². The summed E-state index contributed by atoms with van der Waals surface area (Å²) in [6.45, 7) is -0.0653. The molecule has 1 saturated heterocycles. The molecular weight excluding hydrogens is 461 g/mol. The van der Waals surface area contributed by atoms with Crippen LogP contribution in [0.4, 0.5) is 18.9 Å². The largest absolute Gasteiger partial charge is 0.484 e. The summed E-state index contributed by atoms with van der Waals surface area (Å²) < 4.78 is 69.6. The van der Waals surface area contributed by atoms with Crippen LogP contribution in [0.3, 0.4) is 0 Å². The number of carbonyl (C=O) groups is 1.